The van der Waals surface area contributed by atoms with E-state index in [-0.39, 0.29) is 11.5 Å². The lowest BCUT2D eigenvalue weighted by molar-refractivity contribution is -0.288. The highest BCUT2D eigenvalue weighted by Gasteiger charge is 2.55. The maximum Gasteiger partial charge on any atom is 0.303 e. The van der Waals surface area contributed by atoms with Crippen molar-refractivity contribution in [3.63, 3.8) is 0 Å². The molecule has 10 atom stereocenters. The average Bonchev–Trinajstić information content (AvgIpc) is 1.38. The highest BCUT2D eigenvalue weighted by Crippen LogP contribution is 2.42. The van der Waals surface area contributed by atoms with Gasteiger partial charge in [0.05, 0.1) is 22.8 Å². The Hall–Kier alpha value is -11.2. The van der Waals surface area contributed by atoms with Gasteiger partial charge in [-0.15, -0.1) is 0 Å². The van der Waals surface area contributed by atoms with Gasteiger partial charge >= 0.3 is 47.8 Å². The standard InChI is InChI=1S/C74H70N4O20/c1-37-15-11-17-47(31-37)63-53-23-27-57(75-53)65(49-19-13-21-51(33-49)95-73-71(93-45(9)85)69(91-43(7)83)67(89-41(5)81)61(97-73)35-87-39(3)79)59-29-25-55(77-59)64(48-18-12-16-38(2)32-48)56-26-30-60(78-56)66(58-28-24-54(63)76-58)50-20-14-22-52(34-50)96-74-72(94-46(10)86)70(92-44(8)84)68(90-42(6)82)62(98-74)36-88-40(4)80/h11-34,61-62,67-75,78H,35-36H2,1-10H3. The summed E-state index contributed by atoms with van der Waals surface area (Å²) in [6.45, 7) is 12.3. The lowest BCUT2D eigenvalue weighted by Crippen LogP contribution is -2.63. The molecule has 0 spiro atoms. The fourth-order valence-electron chi connectivity index (χ4n) is 12.3. The molecule has 7 heterocycles. The maximum atomic E-state index is 12.8. The van der Waals surface area contributed by atoms with E-state index in [9.17, 15) is 38.4 Å². The van der Waals surface area contributed by atoms with Gasteiger partial charge in [0.25, 0.3) is 0 Å². The van der Waals surface area contributed by atoms with E-state index in [4.69, 9.17) is 66.8 Å². The van der Waals surface area contributed by atoms with Gasteiger partial charge < -0.3 is 66.8 Å². The van der Waals surface area contributed by atoms with Crippen molar-refractivity contribution in [1.29, 1.82) is 0 Å². The number of fused-ring (bicyclic) bond motifs is 8. The number of hydrogen-bond acceptors (Lipinski definition) is 22. The van der Waals surface area contributed by atoms with Crippen molar-refractivity contribution in [2.45, 2.75) is 131 Å². The smallest absolute Gasteiger partial charge is 0.303 e. The summed E-state index contributed by atoms with van der Waals surface area (Å²) >= 11 is 0. The van der Waals surface area contributed by atoms with Crippen LogP contribution in [0.25, 0.3) is 90.9 Å². The molecule has 3 aromatic heterocycles. The lowest BCUT2D eigenvalue weighted by atomic mass is 9.98. The third kappa shape index (κ3) is 15.7. The molecule has 11 rings (SSSR count). The molecule has 8 bridgehead atoms. The van der Waals surface area contributed by atoms with Crippen molar-refractivity contribution in [1.82, 2.24) is 19.9 Å². The molecule has 2 N–H and O–H groups in total. The number of nitrogens with zero attached hydrogens (tertiary/aromatic N) is 2. The van der Waals surface area contributed by atoms with E-state index in [1.165, 1.54) is 13.8 Å². The van der Waals surface area contributed by atoms with Crippen LogP contribution in [0.15, 0.2) is 121 Å². The van der Waals surface area contributed by atoms with E-state index in [1.807, 2.05) is 111 Å². The number of ether oxygens (including phenoxy) is 12. The van der Waals surface area contributed by atoms with Crippen molar-refractivity contribution < 1.29 is 95.2 Å². The molecule has 10 unspecified atom stereocenters. The van der Waals surface area contributed by atoms with Crippen LogP contribution in [0.2, 0.25) is 0 Å². The molecule has 0 saturated carbocycles. The Morgan fingerprint density at radius 3 is 0.939 bits per heavy atom. The van der Waals surface area contributed by atoms with Crippen LogP contribution < -0.4 is 9.47 Å². The van der Waals surface area contributed by atoms with Gasteiger partial charge in [-0.25, -0.2) is 9.97 Å². The number of carbonyl (C=O) groups is 8. The summed E-state index contributed by atoms with van der Waals surface area (Å²) in [5.41, 5.74) is 12.4. The molecule has 4 aromatic carbocycles. The summed E-state index contributed by atoms with van der Waals surface area (Å²) in [6.07, 6.45) is -6.70. The molecule has 98 heavy (non-hydrogen) atoms. The number of esters is 8. The van der Waals surface area contributed by atoms with Crippen LogP contribution in [0.5, 0.6) is 11.5 Å². The second-order valence-electron chi connectivity index (χ2n) is 23.7. The molecule has 24 nitrogen and oxygen atoms in total. The molecule has 0 radical (unpaired) electrons. The molecule has 4 aliphatic heterocycles. The zero-order valence-electron chi connectivity index (χ0n) is 55.1. The summed E-state index contributed by atoms with van der Waals surface area (Å²) in [5, 5.41) is 0. The van der Waals surface area contributed by atoms with Crippen LogP contribution in [-0.2, 0) is 85.7 Å². The Morgan fingerprint density at radius 1 is 0.357 bits per heavy atom. The highest BCUT2D eigenvalue weighted by molar-refractivity contribution is 6.00. The summed E-state index contributed by atoms with van der Waals surface area (Å²) in [4.78, 5) is 119. The third-order valence-electron chi connectivity index (χ3n) is 16.0. The summed E-state index contributed by atoms with van der Waals surface area (Å²) < 4.78 is 70.8. The Bertz CT molecular complexity index is 4260. The Labute approximate surface area is 562 Å². The topological polar surface area (TPSA) is 305 Å². The van der Waals surface area contributed by atoms with E-state index in [0.717, 1.165) is 74.9 Å². The highest BCUT2D eigenvalue weighted by atomic mass is 16.7. The number of H-pyrrole nitrogens is 2. The van der Waals surface area contributed by atoms with E-state index in [1.54, 1.807) is 36.4 Å². The molecular formula is C74H70N4O20. The number of benzene rings is 4. The fraction of sp³-hybridized carbons (Fsp3) is 0.297. The minimum atomic E-state index is -1.53. The number of carbonyl (C=O) groups excluding carboxylic acids is 8. The van der Waals surface area contributed by atoms with Gasteiger partial charge in [-0.1, -0.05) is 83.9 Å². The van der Waals surface area contributed by atoms with Gasteiger partial charge in [-0.3, -0.25) is 38.4 Å². The van der Waals surface area contributed by atoms with Crippen molar-refractivity contribution in [3.05, 3.63) is 155 Å². The predicted octanol–water partition coefficient (Wildman–Crippen LogP) is 10.9. The molecular weight excluding hydrogens is 1260 g/mol. The Balaban J connectivity index is 1.10. The number of hydrogen-bond donors (Lipinski definition) is 2. The van der Waals surface area contributed by atoms with Gasteiger partial charge in [-0.05, 0) is 109 Å². The molecule has 0 aliphatic carbocycles. The Morgan fingerprint density at radius 2 is 0.643 bits per heavy atom. The zero-order chi connectivity index (χ0) is 69.6. The minimum Gasteiger partial charge on any atom is -0.463 e. The molecule has 2 fully saturated rings. The number of rotatable bonds is 18. The van der Waals surface area contributed by atoms with Gasteiger partial charge in [0.2, 0.25) is 24.8 Å². The van der Waals surface area contributed by atoms with Crippen LogP contribution in [0.1, 0.15) is 89.3 Å². The largest absolute Gasteiger partial charge is 0.463 e. The van der Waals surface area contributed by atoms with E-state index in [2.05, 4.69) is 22.1 Å². The van der Waals surface area contributed by atoms with Crippen LogP contribution >= 0.6 is 0 Å². The SMILES string of the molecule is CC(=O)OCC1OC(Oc2cccc(-c3c4nc(c(-c5cccc(C)c5)c5ccc([nH]5)c(-c5cccc(OC6OC(COC(C)=O)C(OC(C)=O)C(OC(C)=O)C6OC(C)=O)c5)c5nc(c(-c6cccc(C)c6)c6ccc3[nH]6)C=C5)C=C4)c2)C(OC(C)=O)C(OC(C)=O)C1OC(C)=O. The van der Waals surface area contributed by atoms with Gasteiger partial charge in [0.15, 0.2) is 24.4 Å². The maximum absolute atomic E-state index is 12.8. The second-order valence-corrected chi connectivity index (χ2v) is 23.7. The first kappa shape index (κ1) is 68.2. The van der Waals surface area contributed by atoms with Crippen LogP contribution in [0.4, 0.5) is 0 Å². The molecule has 2 saturated heterocycles. The molecule has 0 amide bonds. The fourth-order valence-corrected chi connectivity index (χ4v) is 12.3. The van der Waals surface area contributed by atoms with Crippen LogP contribution in [0, 0.1) is 13.8 Å². The predicted molar refractivity (Wildman–Crippen MR) is 355 cm³/mol. The number of aromatic amines is 2. The van der Waals surface area contributed by atoms with Crippen LogP contribution in [0.3, 0.4) is 0 Å². The zero-order valence-corrected chi connectivity index (χ0v) is 55.1. The average molecular weight is 1340 g/mol. The first-order valence-electron chi connectivity index (χ1n) is 31.4. The van der Waals surface area contributed by atoms with E-state index < -0.39 is 122 Å². The molecule has 24 heteroatoms. The number of aromatic nitrogens is 4. The van der Waals surface area contributed by atoms with Crippen molar-refractivity contribution in [3.8, 4) is 56.0 Å². The minimum absolute atomic E-state index is 0.193. The number of aryl methyl sites for hydroxylation is 2. The summed E-state index contributed by atoms with van der Waals surface area (Å²) in [5.74, 6) is -5.70. The van der Waals surface area contributed by atoms with Crippen molar-refractivity contribution >= 4 is 94.1 Å². The number of nitrogens with one attached hydrogen (secondary N) is 2. The first-order chi connectivity index (χ1) is 46.9. The van der Waals surface area contributed by atoms with E-state index in [0.29, 0.717) is 67.1 Å². The quantitative estimate of drug-likeness (QED) is 0.0596. The van der Waals surface area contributed by atoms with Gasteiger partial charge in [0.1, 0.15) is 36.9 Å². The third-order valence-corrected chi connectivity index (χ3v) is 16.0. The van der Waals surface area contributed by atoms with Gasteiger partial charge in [0, 0.05) is 99.7 Å². The molecule has 506 valence electrons. The first-order valence-corrected chi connectivity index (χ1v) is 31.4. The van der Waals surface area contributed by atoms with Crippen LogP contribution in [-0.4, -0.2) is 142 Å². The molecule has 4 aliphatic rings. The summed E-state index contributed by atoms with van der Waals surface area (Å²) in [6, 6.07) is 37.9. The lowest BCUT2D eigenvalue weighted by Gasteiger charge is -2.43. The van der Waals surface area contributed by atoms with Crippen molar-refractivity contribution in [2.24, 2.45) is 0 Å². The summed E-state index contributed by atoms with van der Waals surface area (Å²) in [7, 11) is 0. The van der Waals surface area contributed by atoms with E-state index >= 15 is 0 Å². The van der Waals surface area contributed by atoms with Crippen molar-refractivity contribution in [2.75, 3.05) is 13.2 Å². The monoisotopic (exact) mass is 1330 g/mol. The normalized spacial score (nSPS) is 20.8. The second kappa shape index (κ2) is 29.4. The Kier molecular flexibility index (Phi) is 20.4. The molecule has 7 aromatic rings. The van der Waals surface area contributed by atoms with Gasteiger partial charge in [-0.2, -0.15) is 0 Å².